The fraction of sp³-hybridized carbons (Fsp3) is 0.250. The maximum Gasteiger partial charge on any atom is 0.251 e. The molecule has 0 aliphatic carbocycles. The van der Waals surface area contributed by atoms with Crippen LogP contribution in [0.4, 0.5) is 5.69 Å². The van der Waals surface area contributed by atoms with Crippen molar-refractivity contribution in [2.24, 2.45) is 0 Å². The minimum atomic E-state index is -0.290. The van der Waals surface area contributed by atoms with Crippen LogP contribution in [0.2, 0.25) is 0 Å². The number of hydrogen-bond acceptors (Lipinski definition) is 3. The van der Waals surface area contributed by atoms with E-state index in [2.05, 4.69) is 26.6 Å². The number of para-hydroxylation sites is 1. The standard InChI is InChI=1S/C20H22BrN3O3/c1-14-6-5-7-15(12-14)20(27)22-11-10-19(26)24(2)13-18(25)23-17-9-4-3-8-16(17)21/h3-9,12H,10-11,13H2,1-2H3,(H,22,27)(H,23,25). The third kappa shape index (κ3) is 6.53. The largest absolute Gasteiger partial charge is 0.352 e. The van der Waals surface area contributed by atoms with E-state index >= 15 is 0 Å². The van der Waals surface area contributed by atoms with Gasteiger partial charge in [0.15, 0.2) is 0 Å². The van der Waals surface area contributed by atoms with E-state index in [0.717, 1.165) is 10.0 Å². The number of aryl methyl sites for hydroxylation is 1. The summed E-state index contributed by atoms with van der Waals surface area (Å²) in [5, 5.41) is 5.47. The van der Waals surface area contributed by atoms with E-state index < -0.39 is 0 Å². The monoisotopic (exact) mass is 431 g/mol. The van der Waals surface area contributed by atoms with Crippen molar-refractivity contribution >= 4 is 39.3 Å². The number of carbonyl (C=O) groups excluding carboxylic acids is 3. The maximum atomic E-state index is 12.2. The molecule has 0 saturated heterocycles. The Bertz CT molecular complexity index is 839. The molecule has 0 atom stereocenters. The van der Waals surface area contributed by atoms with Crippen LogP contribution in [0.5, 0.6) is 0 Å². The normalized spacial score (nSPS) is 10.2. The first kappa shape index (κ1) is 20.6. The molecule has 0 fully saturated rings. The lowest BCUT2D eigenvalue weighted by Gasteiger charge is -2.17. The molecule has 27 heavy (non-hydrogen) atoms. The topological polar surface area (TPSA) is 78.5 Å². The second-order valence-electron chi connectivity index (χ2n) is 6.15. The number of halogens is 1. The average molecular weight is 432 g/mol. The number of benzene rings is 2. The molecule has 0 heterocycles. The molecule has 3 amide bonds. The first-order chi connectivity index (χ1) is 12.9. The molecule has 0 radical (unpaired) electrons. The molecule has 2 aromatic carbocycles. The molecule has 0 saturated carbocycles. The minimum Gasteiger partial charge on any atom is -0.352 e. The number of nitrogens with zero attached hydrogens (tertiary/aromatic N) is 1. The van der Waals surface area contributed by atoms with Crippen molar-refractivity contribution in [2.75, 3.05) is 25.5 Å². The Balaban J connectivity index is 1.76. The van der Waals surface area contributed by atoms with Gasteiger partial charge in [-0.1, -0.05) is 29.8 Å². The lowest BCUT2D eigenvalue weighted by Crippen LogP contribution is -2.37. The Labute approximate surface area is 167 Å². The van der Waals surface area contributed by atoms with Crippen molar-refractivity contribution in [3.8, 4) is 0 Å². The lowest BCUT2D eigenvalue weighted by molar-refractivity contribution is -0.133. The number of likely N-dealkylation sites (N-methyl/N-ethyl adjacent to an activating group) is 1. The zero-order valence-electron chi connectivity index (χ0n) is 15.3. The van der Waals surface area contributed by atoms with Crippen LogP contribution in [-0.4, -0.2) is 42.8 Å². The van der Waals surface area contributed by atoms with Crippen LogP contribution >= 0.6 is 15.9 Å². The number of anilines is 1. The minimum absolute atomic E-state index is 0.0635. The van der Waals surface area contributed by atoms with Gasteiger partial charge < -0.3 is 15.5 Å². The molecule has 142 valence electrons. The molecule has 0 bridgehead atoms. The van der Waals surface area contributed by atoms with Gasteiger partial charge in [-0.05, 0) is 47.1 Å². The quantitative estimate of drug-likeness (QED) is 0.706. The van der Waals surface area contributed by atoms with Gasteiger partial charge in [-0.25, -0.2) is 0 Å². The zero-order valence-corrected chi connectivity index (χ0v) is 16.9. The van der Waals surface area contributed by atoms with Crippen molar-refractivity contribution in [2.45, 2.75) is 13.3 Å². The molecule has 0 spiro atoms. The van der Waals surface area contributed by atoms with Crippen molar-refractivity contribution in [1.29, 1.82) is 0 Å². The molecule has 6 nitrogen and oxygen atoms in total. The highest BCUT2D eigenvalue weighted by Crippen LogP contribution is 2.20. The van der Waals surface area contributed by atoms with Crippen molar-refractivity contribution in [1.82, 2.24) is 10.2 Å². The predicted molar refractivity (Wildman–Crippen MR) is 109 cm³/mol. The molecule has 0 aliphatic rings. The van der Waals surface area contributed by atoms with Crippen LogP contribution in [0.15, 0.2) is 53.0 Å². The van der Waals surface area contributed by atoms with Crippen molar-refractivity contribution in [3.63, 3.8) is 0 Å². The van der Waals surface area contributed by atoms with Crippen LogP contribution < -0.4 is 10.6 Å². The third-order valence-corrected chi connectivity index (χ3v) is 4.55. The highest BCUT2D eigenvalue weighted by Gasteiger charge is 2.14. The van der Waals surface area contributed by atoms with Gasteiger partial charge in [0.25, 0.3) is 5.91 Å². The number of amides is 3. The number of nitrogens with one attached hydrogen (secondary N) is 2. The number of carbonyl (C=O) groups is 3. The predicted octanol–water partition coefficient (Wildman–Crippen LogP) is 2.97. The highest BCUT2D eigenvalue weighted by atomic mass is 79.9. The lowest BCUT2D eigenvalue weighted by atomic mass is 10.1. The van der Waals surface area contributed by atoms with Gasteiger partial charge in [0.05, 0.1) is 12.2 Å². The summed E-state index contributed by atoms with van der Waals surface area (Å²) in [5.41, 5.74) is 2.20. The van der Waals surface area contributed by atoms with Gasteiger partial charge in [0, 0.05) is 30.0 Å². The van der Waals surface area contributed by atoms with Crippen molar-refractivity contribution < 1.29 is 14.4 Å². The molecular weight excluding hydrogens is 410 g/mol. The summed E-state index contributed by atoms with van der Waals surface area (Å²) in [6, 6.07) is 14.5. The van der Waals surface area contributed by atoms with Crippen LogP contribution in [0.1, 0.15) is 22.3 Å². The van der Waals surface area contributed by atoms with Crippen LogP contribution in [0.25, 0.3) is 0 Å². The van der Waals surface area contributed by atoms with E-state index in [4.69, 9.17) is 0 Å². The van der Waals surface area contributed by atoms with E-state index in [-0.39, 0.29) is 37.2 Å². The van der Waals surface area contributed by atoms with E-state index in [1.54, 1.807) is 25.2 Å². The summed E-state index contributed by atoms with van der Waals surface area (Å²) in [6.07, 6.45) is 0.121. The van der Waals surface area contributed by atoms with E-state index in [0.29, 0.717) is 11.3 Å². The summed E-state index contributed by atoms with van der Waals surface area (Å²) in [4.78, 5) is 37.6. The molecule has 0 aromatic heterocycles. The Morgan fingerprint density at radius 1 is 1.07 bits per heavy atom. The molecule has 2 N–H and O–H groups in total. The van der Waals surface area contributed by atoms with Gasteiger partial charge in [-0.15, -0.1) is 0 Å². The van der Waals surface area contributed by atoms with Gasteiger partial charge in [0.1, 0.15) is 0 Å². The molecule has 0 unspecified atom stereocenters. The first-order valence-electron chi connectivity index (χ1n) is 8.50. The smallest absolute Gasteiger partial charge is 0.251 e. The second kappa shape index (κ2) is 9.87. The van der Waals surface area contributed by atoms with Crippen LogP contribution in [0.3, 0.4) is 0 Å². The van der Waals surface area contributed by atoms with Gasteiger partial charge >= 0.3 is 0 Å². The summed E-state index contributed by atoms with van der Waals surface area (Å²) in [5.74, 6) is -0.732. The van der Waals surface area contributed by atoms with E-state index in [9.17, 15) is 14.4 Å². The Morgan fingerprint density at radius 3 is 2.52 bits per heavy atom. The fourth-order valence-electron chi connectivity index (χ4n) is 2.42. The molecular formula is C20H22BrN3O3. The number of hydrogen-bond donors (Lipinski definition) is 2. The first-order valence-corrected chi connectivity index (χ1v) is 9.29. The SMILES string of the molecule is Cc1cccc(C(=O)NCCC(=O)N(C)CC(=O)Nc2ccccc2Br)c1. The Hall–Kier alpha value is -2.67. The second-order valence-corrected chi connectivity index (χ2v) is 7.01. The third-order valence-electron chi connectivity index (χ3n) is 3.86. The Kier molecular flexibility index (Phi) is 7.55. The molecule has 7 heteroatoms. The summed E-state index contributed by atoms with van der Waals surface area (Å²) in [6.45, 7) is 2.06. The Morgan fingerprint density at radius 2 is 1.81 bits per heavy atom. The highest BCUT2D eigenvalue weighted by molar-refractivity contribution is 9.10. The fourth-order valence-corrected chi connectivity index (χ4v) is 2.80. The molecule has 2 rings (SSSR count). The van der Waals surface area contributed by atoms with Gasteiger partial charge in [0.2, 0.25) is 11.8 Å². The van der Waals surface area contributed by atoms with E-state index in [1.807, 2.05) is 37.3 Å². The molecule has 0 aliphatic heterocycles. The average Bonchev–Trinajstić information content (AvgIpc) is 2.63. The zero-order chi connectivity index (χ0) is 19.8. The molecule has 2 aromatic rings. The van der Waals surface area contributed by atoms with Gasteiger partial charge in [-0.2, -0.15) is 0 Å². The van der Waals surface area contributed by atoms with Crippen LogP contribution in [0, 0.1) is 6.92 Å². The number of rotatable bonds is 7. The summed E-state index contributed by atoms with van der Waals surface area (Å²) >= 11 is 3.36. The van der Waals surface area contributed by atoms with Gasteiger partial charge in [-0.3, -0.25) is 14.4 Å². The van der Waals surface area contributed by atoms with E-state index in [1.165, 1.54) is 4.90 Å². The maximum absolute atomic E-state index is 12.2. The van der Waals surface area contributed by atoms with Crippen molar-refractivity contribution in [3.05, 3.63) is 64.1 Å². The summed E-state index contributed by atoms with van der Waals surface area (Å²) in [7, 11) is 1.56. The summed E-state index contributed by atoms with van der Waals surface area (Å²) < 4.78 is 0.770. The van der Waals surface area contributed by atoms with Crippen LogP contribution in [-0.2, 0) is 9.59 Å².